The molecule has 0 radical (unpaired) electrons. The van der Waals surface area contributed by atoms with Crippen LogP contribution in [-0.2, 0) is 0 Å². The molecule has 7 heteroatoms. The van der Waals surface area contributed by atoms with Gasteiger partial charge >= 0.3 is 0 Å². The fourth-order valence-electron chi connectivity index (χ4n) is 2.31. The Morgan fingerprint density at radius 2 is 2.12 bits per heavy atom. The summed E-state index contributed by atoms with van der Waals surface area (Å²) in [6.07, 6.45) is 1.35. The maximum atomic E-state index is 12.8. The Bertz CT molecular complexity index is 982. The Hall–Kier alpha value is -2.41. The van der Waals surface area contributed by atoms with E-state index >= 15 is 0 Å². The van der Waals surface area contributed by atoms with Crippen molar-refractivity contribution in [3.05, 3.63) is 40.3 Å². The van der Waals surface area contributed by atoms with Crippen LogP contribution in [0.4, 0.5) is 0 Å². The summed E-state index contributed by atoms with van der Waals surface area (Å²) in [5.74, 6) is 0.315. The second kappa shape index (κ2) is 5.90. The van der Waals surface area contributed by atoms with Crippen molar-refractivity contribution in [3.8, 4) is 5.75 Å². The number of thiazole rings is 1. The van der Waals surface area contributed by atoms with Gasteiger partial charge < -0.3 is 10.1 Å². The normalized spacial score (nSPS) is 11.8. The Kier molecular flexibility index (Phi) is 4.04. The highest BCUT2D eigenvalue weighted by atomic mass is 32.1. The lowest BCUT2D eigenvalue weighted by atomic mass is 9.97. The van der Waals surface area contributed by atoms with Gasteiger partial charge in [-0.3, -0.25) is 14.0 Å². The van der Waals surface area contributed by atoms with Crippen LogP contribution in [0.3, 0.4) is 0 Å². The van der Waals surface area contributed by atoms with E-state index in [2.05, 4.69) is 10.3 Å². The first-order valence-electron chi connectivity index (χ1n) is 7.57. The minimum absolute atomic E-state index is 0.0484. The van der Waals surface area contributed by atoms with Crippen molar-refractivity contribution in [3.63, 3.8) is 0 Å². The summed E-state index contributed by atoms with van der Waals surface area (Å²) in [5.41, 5.74) is 0.350. The zero-order valence-corrected chi connectivity index (χ0v) is 14.9. The summed E-state index contributed by atoms with van der Waals surface area (Å²) in [4.78, 5) is 29.9. The van der Waals surface area contributed by atoms with E-state index < -0.39 is 5.91 Å². The molecule has 2 heterocycles. The maximum absolute atomic E-state index is 12.8. The fraction of sp³-hybridized carbons (Fsp3) is 0.353. The van der Waals surface area contributed by atoms with E-state index in [1.807, 2.05) is 26.8 Å². The summed E-state index contributed by atoms with van der Waals surface area (Å²) in [5, 5.41) is 2.79. The minimum atomic E-state index is -0.398. The summed E-state index contributed by atoms with van der Waals surface area (Å²) in [6, 6.07) is 5.44. The molecule has 0 fully saturated rings. The number of benzene rings is 1. The van der Waals surface area contributed by atoms with Crippen LogP contribution in [0.25, 0.3) is 15.2 Å². The molecular weight excluding hydrogens is 326 g/mol. The lowest BCUT2D eigenvalue weighted by Gasteiger charge is -2.18. The molecule has 126 valence electrons. The molecule has 0 unspecified atom stereocenters. The van der Waals surface area contributed by atoms with Gasteiger partial charge in [0.2, 0.25) is 0 Å². The first-order valence-corrected chi connectivity index (χ1v) is 8.38. The highest BCUT2D eigenvalue weighted by Crippen LogP contribution is 2.27. The summed E-state index contributed by atoms with van der Waals surface area (Å²) < 4.78 is 7.57. The van der Waals surface area contributed by atoms with Gasteiger partial charge in [0.25, 0.3) is 11.5 Å². The first-order chi connectivity index (χ1) is 11.3. The van der Waals surface area contributed by atoms with Crippen molar-refractivity contribution in [2.24, 2.45) is 5.41 Å². The number of amides is 1. The largest absolute Gasteiger partial charge is 0.497 e. The molecule has 0 bridgehead atoms. The third-order valence-electron chi connectivity index (χ3n) is 3.56. The molecule has 3 rings (SSSR count). The molecule has 0 aliphatic heterocycles. The van der Waals surface area contributed by atoms with Crippen molar-refractivity contribution in [2.45, 2.75) is 20.8 Å². The Morgan fingerprint density at radius 3 is 2.79 bits per heavy atom. The van der Waals surface area contributed by atoms with Crippen LogP contribution < -0.4 is 15.6 Å². The Labute approximate surface area is 143 Å². The highest BCUT2D eigenvalue weighted by Gasteiger charge is 2.18. The molecule has 2 aromatic heterocycles. The standard InChI is InChI=1S/C17H19N3O3S/c1-17(2,3)9-19-14(21)11-8-18-16-20(15(11)22)12-6-5-10(23-4)7-13(12)24-16/h5-8H,9H2,1-4H3,(H,19,21). The van der Waals surface area contributed by atoms with Gasteiger partial charge in [-0.2, -0.15) is 0 Å². The number of carbonyl (C=O) groups is 1. The summed E-state index contributed by atoms with van der Waals surface area (Å²) >= 11 is 1.38. The third-order valence-corrected chi connectivity index (χ3v) is 4.58. The maximum Gasteiger partial charge on any atom is 0.271 e. The quantitative estimate of drug-likeness (QED) is 0.792. The monoisotopic (exact) mass is 345 g/mol. The van der Waals surface area contributed by atoms with Crippen LogP contribution in [-0.4, -0.2) is 28.9 Å². The van der Waals surface area contributed by atoms with Gasteiger partial charge in [0.05, 0.1) is 17.3 Å². The van der Waals surface area contributed by atoms with Gasteiger partial charge in [-0.05, 0) is 23.6 Å². The molecule has 1 amide bonds. The van der Waals surface area contributed by atoms with Crippen LogP contribution >= 0.6 is 11.3 Å². The summed E-state index contributed by atoms with van der Waals surface area (Å²) in [6.45, 7) is 6.53. The number of ether oxygens (including phenoxy) is 1. The van der Waals surface area contributed by atoms with E-state index in [-0.39, 0.29) is 16.5 Å². The minimum Gasteiger partial charge on any atom is -0.497 e. The van der Waals surface area contributed by atoms with E-state index in [0.29, 0.717) is 17.3 Å². The average Bonchev–Trinajstić information content (AvgIpc) is 2.90. The topological polar surface area (TPSA) is 72.7 Å². The van der Waals surface area contributed by atoms with Crippen LogP contribution in [0.1, 0.15) is 31.1 Å². The molecule has 0 aliphatic rings. The van der Waals surface area contributed by atoms with Crippen molar-refractivity contribution in [1.29, 1.82) is 0 Å². The number of methoxy groups -OCH3 is 1. The lowest BCUT2D eigenvalue weighted by molar-refractivity contribution is 0.0937. The van der Waals surface area contributed by atoms with Crippen LogP contribution in [0.15, 0.2) is 29.2 Å². The smallest absolute Gasteiger partial charge is 0.271 e. The number of rotatable bonds is 3. The van der Waals surface area contributed by atoms with E-state index in [1.54, 1.807) is 19.2 Å². The predicted octanol–water partition coefficient (Wildman–Crippen LogP) is 2.69. The molecule has 24 heavy (non-hydrogen) atoms. The van der Waals surface area contributed by atoms with Gasteiger partial charge in [-0.25, -0.2) is 4.98 Å². The molecule has 0 saturated carbocycles. The number of hydrogen-bond acceptors (Lipinski definition) is 5. The van der Waals surface area contributed by atoms with Crippen LogP contribution in [0, 0.1) is 5.41 Å². The number of hydrogen-bond donors (Lipinski definition) is 1. The molecule has 6 nitrogen and oxygen atoms in total. The molecule has 0 saturated heterocycles. The number of nitrogens with one attached hydrogen (secondary N) is 1. The van der Waals surface area contributed by atoms with Crippen LogP contribution in [0.2, 0.25) is 0 Å². The molecule has 1 N–H and O–H groups in total. The Morgan fingerprint density at radius 1 is 1.38 bits per heavy atom. The van der Waals surface area contributed by atoms with Crippen molar-refractivity contribution in [2.75, 3.05) is 13.7 Å². The van der Waals surface area contributed by atoms with Crippen molar-refractivity contribution in [1.82, 2.24) is 14.7 Å². The second-order valence-corrected chi connectivity index (χ2v) is 7.78. The van der Waals surface area contributed by atoms with Crippen molar-refractivity contribution < 1.29 is 9.53 Å². The van der Waals surface area contributed by atoms with Gasteiger partial charge in [0, 0.05) is 12.7 Å². The second-order valence-electron chi connectivity index (χ2n) is 6.77. The molecule has 0 aliphatic carbocycles. The molecular formula is C17H19N3O3S. The Balaban J connectivity index is 2.08. The fourth-order valence-corrected chi connectivity index (χ4v) is 3.32. The van der Waals surface area contributed by atoms with Gasteiger partial charge in [-0.1, -0.05) is 32.1 Å². The van der Waals surface area contributed by atoms with E-state index in [1.165, 1.54) is 21.9 Å². The highest BCUT2D eigenvalue weighted by molar-refractivity contribution is 7.23. The SMILES string of the molecule is COc1ccc2c(c1)sc1ncc(C(=O)NCC(C)(C)C)c(=O)n12. The molecule has 3 aromatic rings. The van der Waals surface area contributed by atoms with Crippen LogP contribution in [0.5, 0.6) is 5.75 Å². The number of nitrogens with zero attached hydrogens (tertiary/aromatic N) is 2. The average molecular weight is 345 g/mol. The molecule has 0 spiro atoms. The molecule has 0 atom stereocenters. The number of carbonyl (C=O) groups excluding carboxylic acids is 1. The molecule has 1 aromatic carbocycles. The van der Waals surface area contributed by atoms with Gasteiger partial charge in [0.1, 0.15) is 11.3 Å². The third kappa shape index (κ3) is 2.99. The van der Waals surface area contributed by atoms with E-state index in [4.69, 9.17) is 4.74 Å². The predicted molar refractivity (Wildman–Crippen MR) is 95.2 cm³/mol. The van der Waals surface area contributed by atoms with Gasteiger partial charge in [0.15, 0.2) is 4.96 Å². The van der Waals surface area contributed by atoms with Gasteiger partial charge in [-0.15, -0.1) is 0 Å². The van der Waals surface area contributed by atoms with Crippen molar-refractivity contribution >= 4 is 32.4 Å². The van der Waals surface area contributed by atoms with E-state index in [9.17, 15) is 9.59 Å². The summed E-state index contributed by atoms with van der Waals surface area (Å²) in [7, 11) is 1.59. The van der Waals surface area contributed by atoms with E-state index in [0.717, 1.165) is 10.2 Å². The first kappa shape index (κ1) is 16.4. The number of aromatic nitrogens is 2. The lowest BCUT2D eigenvalue weighted by Crippen LogP contribution is -2.36. The zero-order valence-electron chi connectivity index (χ0n) is 14.0. The zero-order chi connectivity index (χ0) is 17.5. The number of fused-ring (bicyclic) bond motifs is 3.